The molecular formula is C5H12NaO4P+. The molecule has 0 bridgehead atoms. The van der Waals surface area contributed by atoms with E-state index in [1.807, 2.05) is 0 Å². The number of rotatable bonds is 4. The molecule has 1 atom stereocenters. The molecule has 0 spiro atoms. The maximum absolute atomic E-state index is 10.5. The van der Waals surface area contributed by atoms with Crippen LogP contribution in [0.5, 0.6) is 0 Å². The third-order valence-corrected chi connectivity index (χ3v) is 1.62. The molecular weight excluding hydrogens is 178 g/mol. The van der Waals surface area contributed by atoms with Crippen molar-refractivity contribution in [1.82, 2.24) is 0 Å². The molecule has 11 heavy (non-hydrogen) atoms. The molecule has 0 heterocycles. The van der Waals surface area contributed by atoms with Crippen molar-refractivity contribution in [3.8, 4) is 0 Å². The van der Waals surface area contributed by atoms with Gasteiger partial charge in [0.05, 0.1) is 0 Å². The summed E-state index contributed by atoms with van der Waals surface area (Å²) in [5, 5.41) is 0. The van der Waals surface area contributed by atoms with Gasteiger partial charge in [0.2, 0.25) is 0 Å². The first-order chi connectivity index (χ1) is 4.54. The molecule has 1 radical (unpaired) electrons. The minimum atomic E-state index is -1.70. The third-order valence-electron chi connectivity index (χ3n) is 1.04. The molecule has 0 aromatic carbocycles. The van der Waals surface area contributed by atoms with Crippen molar-refractivity contribution in [3.63, 3.8) is 0 Å². The van der Waals surface area contributed by atoms with Gasteiger partial charge in [-0.1, -0.05) is 4.52 Å². The van der Waals surface area contributed by atoms with Crippen LogP contribution in [-0.4, -0.2) is 56.4 Å². The van der Waals surface area contributed by atoms with E-state index in [-0.39, 0.29) is 29.6 Å². The average Bonchev–Trinajstić information content (AvgIpc) is 1.87. The van der Waals surface area contributed by atoms with E-state index in [1.54, 1.807) is 6.92 Å². The molecule has 0 aliphatic heterocycles. The van der Waals surface area contributed by atoms with Gasteiger partial charge in [-0.25, -0.2) is 0 Å². The van der Waals surface area contributed by atoms with E-state index in [9.17, 15) is 4.57 Å². The summed E-state index contributed by atoms with van der Waals surface area (Å²) in [7, 11) is 1.14. The maximum Gasteiger partial charge on any atom is 0.510 e. The Balaban J connectivity index is 0. The number of hydrogen-bond acceptors (Lipinski definition) is 4. The monoisotopic (exact) mass is 190 g/mol. The van der Waals surface area contributed by atoms with Crippen molar-refractivity contribution in [3.05, 3.63) is 0 Å². The Labute approximate surface area is 89.7 Å². The number of ether oxygens (including phenoxy) is 2. The molecule has 0 aromatic rings. The zero-order valence-electron chi connectivity index (χ0n) is 7.58. The van der Waals surface area contributed by atoms with E-state index in [0.29, 0.717) is 0 Å². The van der Waals surface area contributed by atoms with Gasteiger partial charge in [-0.2, -0.15) is 0 Å². The van der Waals surface area contributed by atoms with Gasteiger partial charge in [0, 0.05) is 50.7 Å². The topological polar surface area (TPSA) is 44.8 Å². The standard InChI is InChI=1S/C5H12O4P.Na/c1-5(7-2,8-3)9-10(4)6;/h1-4H3;/q+1;. The molecule has 0 rings (SSSR count). The first kappa shape index (κ1) is 14.5. The van der Waals surface area contributed by atoms with Gasteiger partial charge in [-0.3, -0.25) is 0 Å². The molecule has 0 N–H and O–H groups in total. The van der Waals surface area contributed by atoms with Crippen LogP contribution in [-0.2, 0) is 18.6 Å². The van der Waals surface area contributed by atoms with Crippen molar-refractivity contribution < 1.29 is 18.6 Å². The summed E-state index contributed by atoms with van der Waals surface area (Å²) in [6, 6.07) is 0. The van der Waals surface area contributed by atoms with Crippen LogP contribution in [0.3, 0.4) is 0 Å². The summed E-state index contributed by atoms with van der Waals surface area (Å²) in [4.78, 5) is 0. The fourth-order valence-corrected chi connectivity index (χ4v) is 1.01. The fraction of sp³-hybridized carbons (Fsp3) is 1.00. The van der Waals surface area contributed by atoms with Crippen LogP contribution < -0.4 is 0 Å². The minimum absolute atomic E-state index is 0. The van der Waals surface area contributed by atoms with Gasteiger partial charge >= 0.3 is 14.0 Å². The van der Waals surface area contributed by atoms with Gasteiger partial charge in [-0.05, 0) is 4.57 Å². The Bertz CT molecular complexity index is 126. The smallest absolute Gasteiger partial charge is 0.328 e. The molecule has 0 saturated carbocycles. The maximum atomic E-state index is 10.5. The normalized spacial score (nSPS) is 12.2. The molecule has 0 aliphatic carbocycles. The van der Waals surface area contributed by atoms with Crippen LogP contribution in [0.4, 0.5) is 0 Å². The van der Waals surface area contributed by atoms with E-state index >= 15 is 0 Å². The Kier molecular flexibility index (Phi) is 8.56. The van der Waals surface area contributed by atoms with Gasteiger partial charge in [0.1, 0.15) is 0 Å². The number of methoxy groups -OCH3 is 2. The second kappa shape index (κ2) is 6.49. The van der Waals surface area contributed by atoms with E-state index in [0.717, 1.165) is 0 Å². The van der Waals surface area contributed by atoms with Crippen LogP contribution in [0.15, 0.2) is 0 Å². The molecule has 0 saturated heterocycles. The van der Waals surface area contributed by atoms with Gasteiger partial charge in [0.15, 0.2) is 6.66 Å². The predicted octanol–water partition coefficient (Wildman–Crippen LogP) is 0.961. The van der Waals surface area contributed by atoms with Crippen molar-refractivity contribution >= 4 is 37.6 Å². The van der Waals surface area contributed by atoms with Crippen molar-refractivity contribution in [2.45, 2.75) is 12.9 Å². The van der Waals surface area contributed by atoms with Gasteiger partial charge in [-0.15, -0.1) is 0 Å². The fourth-order valence-electron chi connectivity index (χ4n) is 0.391. The van der Waals surface area contributed by atoms with Crippen LogP contribution in [0.2, 0.25) is 0 Å². The summed E-state index contributed by atoms with van der Waals surface area (Å²) >= 11 is 0. The zero-order valence-corrected chi connectivity index (χ0v) is 10.5. The quantitative estimate of drug-likeness (QED) is 0.376. The Hall–Kier alpha value is 0.980. The molecule has 1 unspecified atom stereocenters. The second-order valence-corrected chi connectivity index (χ2v) is 2.86. The first-order valence-electron chi connectivity index (χ1n) is 2.74. The first-order valence-corrected chi connectivity index (χ1v) is 4.37. The molecule has 6 heteroatoms. The molecule has 0 aromatic heterocycles. The van der Waals surface area contributed by atoms with Crippen LogP contribution >= 0.6 is 8.03 Å². The second-order valence-electron chi connectivity index (χ2n) is 1.80. The predicted molar refractivity (Wildman–Crippen MR) is 42.8 cm³/mol. The minimum Gasteiger partial charge on any atom is -0.328 e. The van der Waals surface area contributed by atoms with Gasteiger partial charge < -0.3 is 9.47 Å². The zero-order chi connectivity index (χ0) is 8.20. The van der Waals surface area contributed by atoms with Crippen molar-refractivity contribution in [2.24, 2.45) is 0 Å². The SMILES string of the molecule is COC(C)(OC)O[P+](C)=O.[Na]. The van der Waals surface area contributed by atoms with Crippen LogP contribution in [0.25, 0.3) is 0 Å². The van der Waals surface area contributed by atoms with Crippen LogP contribution in [0, 0.1) is 0 Å². The van der Waals surface area contributed by atoms with Gasteiger partial charge in [0.25, 0.3) is 0 Å². The molecule has 0 aliphatic rings. The van der Waals surface area contributed by atoms with E-state index in [2.05, 4.69) is 0 Å². The summed E-state index contributed by atoms with van der Waals surface area (Å²) in [6.45, 7) is 2.98. The third kappa shape index (κ3) is 6.17. The molecule has 0 amide bonds. The Morgan fingerprint density at radius 1 is 1.27 bits per heavy atom. The summed E-state index contributed by atoms with van der Waals surface area (Å²) in [5.74, 6) is -1.18. The summed E-state index contributed by atoms with van der Waals surface area (Å²) in [5.41, 5.74) is 0. The molecule has 61 valence electrons. The van der Waals surface area contributed by atoms with E-state index in [1.165, 1.54) is 20.9 Å². The van der Waals surface area contributed by atoms with Crippen LogP contribution in [0.1, 0.15) is 6.92 Å². The van der Waals surface area contributed by atoms with Crippen molar-refractivity contribution in [2.75, 3.05) is 20.9 Å². The molecule has 4 nitrogen and oxygen atoms in total. The average molecular weight is 190 g/mol. The largest absolute Gasteiger partial charge is 0.510 e. The van der Waals surface area contributed by atoms with E-state index in [4.69, 9.17) is 14.0 Å². The van der Waals surface area contributed by atoms with E-state index < -0.39 is 14.0 Å². The Morgan fingerprint density at radius 3 is 1.73 bits per heavy atom. The van der Waals surface area contributed by atoms with Crippen molar-refractivity contribution in [1.29, 1.82) is 0 Å². The Morgan fingerprint density at radius 2 is 1.64 bits per heavy atom. The summed E-state index contributed by atoms with van der Waals surface area (Å²) < 4.78 is 24.9. The number of hydrogen-bond donors (Lipinski definition) is 0. The summed E-state index contributed by atoms with van der Waals surface area (Å²) in [6.07, 6.45) is 0. The molecule has 0 fully saturated rings.